The van der Waals surface area contributed by atoms with Crippen LogP contribution in [0.25, 0.3) is 0 Å². The number of aryl methyl sites for hydroxylation is 1. The lowest BCUT2D eigenvalue weighted by Gasteiger charge is -2.38. The van der Waals surface area contributed by atoms with Gasteiger partial charge in [0.15, 0.2) is 0 Å². The third-order valence-corrected chi connectivity index (χ3v) is 3.82. The predicted octanol–water partition coefficient (Wildman–Crippen LogP) is 3.63. The van der Waals surface area contributed by atoms with Crippen LogP contribution in [0.1, 0.15) is 50.2 Å². The number of nitrogens with one attached hydrogen (secondary N) is 1. The number of benzene rings is 1. The maximum absolute atomic E-state index is 3.68. The molecule has 88 valence electrons. The molecule has 0 aliphatic heterocycles. The van der Waals surface area contributed by atoms with E-state index in [9.17, 15) is 0 Å². The van der Waals surface area contributed by atoms with Crippen LogP contribution < -0.4 is 5.32 Å². The van der Waals surface area contributed by atoms with Crippen LogP contribution in [-0.4, -0.2) is 12.1 Å². The van der Waals surface area contributed by atoms with Crippen LogP contribution in [0.15, 0.2) is 24.3 Å². The van der Waals surface area contributed by atoms with E-state index in [-0.39, 0.29) is 0 Å². The molecule has 1 atom stereocenters. The standard InChI is InChI=1S/C15H23N/c1-4-12(3)16-15-9-14(10-15)13-7-5-11(2)6-8-13/h5-8,12,14-16H,4,9-10H2,1-3H3. The normalized spacial score (nSPS) is 26.2. The molecule has 0 heterocycles. The van der Waals surface area contributed by atoms with Gasteiger partial charge in [0.1, 0.15) is 0 Å². The van der Waals surface area contributed by atoms with Gasteiger partial charge in [0.05, 0.1) is 0 Å². The molecule has 1 saturated carbocycles. The zero-order chi connectivity index (χ0) is 11.5. The lowest BCUT2D eigenvalue weighted by atomic mass is 9.75. The average molecular weight is 217 g/mol. The SMILES string of the molecule is CCC(C)NC1CC(c2ccc(C)cc2)C1. The van der Waals surface area contributed by atoms with Crippen molar-refractivity contribution < 1.29 is 0 Å². The second kappa shape index (κ2) is 5.01. The summed E-state index contributed by atoms with van der Waals surface area (Å²) in [6.45, 7) is 6.67. The first kappa shape index (κ1) is 11.7. The maximum atomic E-state index is 3.68. The molecule has 2 rings (SSSR count). The second-order valence-corrected chi connectivity index (χ2v) is 5.25. The van der Waals surface area contributed by atoms with Crippen molar-refractivity contribution in [3.8, 4) is 0 Å². The highest BCUT2D eigenvalue weighted by Gasteiger charge is 2.30. The molecule has 0 spiro atoms. The monoisotopic (exact) mass is 217 g/mol. The molecule has 1 heteroatoms. The van der Waals surface area contributed by atoms with Crippen LogP contribution in [-0.2, 0) is 0 Å². The maximum Gasteiger partial charge on any atom is 0.00812 e. The van der Waals surface area contributed by atoms with E-state index in [0.717, 1.165) is 12.0 Å². The van der Waals surface area contributed by atoms with Crippen LogP contribution in [0.5, 0.6) is 0 Å². The Morgan fingerprint density at radius 1 is 1.25 bits per heavy atom. The van der Waals surface area contributed by atoms with E-state index in [1.54, 1.807) is 0 Å². The van der Waals surface area contributed by atoms with Crippen molar-refractivity contribution in [2.24, 2.45) is 0 Å². The Morgan fingerprint density at radius 3 is 2.44 bits per heavy atom. The molecule has 1 aromatic rings. The lowest BCUT2D eigenvalue weighted by Crippen LogP contribution is -2.44. The predicted molar refractivity (Wildman–Crippen MR) is 69.8 cm³/mol. The minimum absolute atomic E-state index is 0.670. The summed E-state index contributed by atoms with van der Waals surface area (Å²) in [5, 5.41) is 3.68. The fourth-order valence-corrected chi connectivity index (χ4v) is 2.38. The van der Waals surface area contributed by atoms with Gasteiger partial charge in [-0.05, 0) is 44.6 Å². The summed E-state index contributed by atoms with van der Waals surface area (Å²) in [5.74, 6) is 0.794. The van der Waals surface area contributed by atoms with Gasteiger partial charge in [-0.3, -0.25) is 0 Å². The first-order valence-corrected chi connectivity index (χ1v) is 6.51. The van der Waals surface area contributed by atoms with Crippen molar-refractivity contribution >= 4 is 0 Å². The van der Waals surface area contributed by atoms with Crippen molar-refractivity contribution in [2.45, 2.75) is 58.0 Å². The van der Waals surface area contributed by atoms with E-state index in [1.807, 2.05) is 0 Å². The summed E-state index contributed by atoms with van der Waals surface area (Å²) in [7, 11) is 0. The molecule has 16 heavy (non-hydrogen) atoms. The van der Waals surface area contributed by atoms with E-state index in [1.165, 1.54) is 30.4 Å². The largest absolute Gasteiger partial charge is 0.311 e. The summed E-state index contributed by atoms with van der Waals surface area (Å²) in [6, 6.07) is 10.5. The molecule has 0 bridgehead atoms. The van der Waals surface area contributed by atoms with Crippen molar-refractivity contribution in [1.82, 2.24) is 5.32 Å². The lowest BCUT2D eigenvalue weighted by molar-refractivity contribution is 0.267. The minimum atomic E-state index is 0.670. The Balaban J connectivity index is 1.82. The van der Waals surface area contributed by atoms with Crippen molar-refractivity contribution in [3.63, 3.8) is 0 Å². The van der Waals surface area contributed by atoms with E-state index in [0.29, 0.717) is 6.04 Å². The van der Waals surface area contributed by atoms with Crippen molar-refractivity contribution in [1.29, 1.82) is 0 Å². The van der Waals surface area contributed by atoms with Gasteiger partial charge in [-0.2, -0.15) is 0 Å². The molecule has 0 aromatic heterocycles. The summed E-state index contributed by atoms with van der Waals surface area (Å²) in [6.07, 6.45) is 3.85. The van der Waals surface area contributed by atoms with Gasteiger partial charge in [0.2, 0.25) is 0 Å². The molecule has 0 radical (unpaired) electrons. The molecular weight excluding hydrogens is 194 g/mol. The van der Waals surface area contributed by atoms with Gasteiger partial charge >= 0.3 is 0 Å². The summed E-state index contributed by atoms with van der Waals surface area (Å²) in [5.41, 5.74) is 2.88. The van der Waals surface area contributed by atoms with Gasteiger partial charge < -0.3 is 5.32 Å². The van der Waals surface area contributed by atoms with E-state index in [4.69, 9.17) is 0 Å². The first-order valence-electron chi connectivity index (χ1n) is 6.51. The van der Waals surface area contributed by atoms with E-state index in [2.05, 4.69) is 50.4 Å². The highest BCUT2D eigenvalue weighted by atomic mass is 15.0. The van der Waals surface area contributed by atoms with Crippen molar-refractivity contribution in [2.75, 3.05) is 0 Å². The summed E-state index contributed by atoms with van der Waals surface area (Å²) >= 11 is 0. The molecule has 1 aromatic carbocycles. The Morgan fingerprint density at radius 2 is 1.88 bits per heavy atom. The van der Waals surface area contributed by atoms with Gasteiger partial charge in [0.25, 0.3) is 0 Å². The average Bonchev–Trinajstić information content (AvgIpc) is 2.24. The number of hydrogen-bond donors (Lipinski definition) is 1. The molecule has 1 N–H and O–H groups in total. The van der Waals surface area contributed by atoms with Crippen LogP contribution in [0.4, 0.5) is 0 Å². The topological polar surface area (TPSA) is 12.0 Å². The van der Waals surface area contributed by atoms with Gasteiger partial charge in [0, 0.05) is 12.1 Å². The molecule has 1 aliphatic carbocycles. The molecule has 1 nitrogen and oxygen atoms in total. The Kier molecular flexibility index (Phi) is 3.65. The third-order valence-electron chi connectivity index (χ3n) is 3.82. The zero-order valence-electron chi connectivity index (χ0n) is 10.7. The zero-order valence-corrected chi connectivity index (χ0v) is 10.7. The van der Waals surface area contributed by atoms with Crippen LogP contribution in [0.3, 0.4) is 0 Å². The summed E-state index contributed by atoms with van der Waals surface area (Å²) < 4.78 is 0. The van der Waals surface area contributed by atoms with Crippen LogP contribution in [0.2, 0.25) is 0 Å². The highest BCUT2D eigenvalue weighted by Crippen LogP contribution is 2.37. The minimum Gasteiger partial charge on any atom is -0.311 e. The Hall–Kier alpha value is -0.820. The number of hydrogen-bond acceptors (Lipinski definition) is 1. The van der Waals surface area contributed by atoms with E-state index >= 15 is 0 Å². The quantitative estimate of drug-likeness (QED) is 0.812. The molecule has 0 amide bonds. The van der Waals surface area contributed by atoms with Gasteiger partial charge in [-0.25, -0.2) is 0 Å². The van der Waals surface area contributed by atoms with Crippen molar-refractivity contribution in [3.05, 3.63) is 35.4 Å². The molecule has 0 saturated heterocycles. The Bertz CT molecular complexity index is 322. The smallest absolute Gasteiger partial charge is 0.00812 e. The Labute approximate surface area is 99.3 Å². The molecule has 1 aliphatic rings. The number of rotatable bonds is 4. The van der Waals surface area contributed by atoms with Crippen LogP contribution in [0, 0.1) is 6.92 Å². The highest BCUT2D eigenvalue weighted by molar-refractivity contribution is 5.26. The fourth-order valence-electron chi connectivity index (χ4n) is 2.38. The van der Waals surface area contributed by atoms with Crippen LogP contribution >= 0.6 is 0 Å². The first-order chi connectivity index (χ1) is 7.69. The van der Waals surface area contributed by atoms with Gasteiger partial charge in [-0.1, -0.05) is 36.8 Å². The second-order valence-electron chi connectivity index (χ2n) is 5.25. The molecule has 1 unspecified atom stereocenters. The van der Waals surface area contributed by atoms with Gasteiger partial charge in [-0.15, -0.1) is 0 Å². The molecular formula is C15H23N. The fraction of sp³-hybridized carbons (Fsp3) is 0.600. The third kappa shape index (κ3) is 2.65. The van der Waals surface area contributed by atoms with E-state index < -0.39 is 0 Å². The summed E-state index contributed by atoms with van der Waals surface area (Å²) in [4.78, 5) is 0. The molecule has 1 fully saturated rings.